The maximum Gasteiger partial charge on any atom is 0.510 e. The van der Waals surface area contributed by atoms with Crippen molar-refractivity contribution in [1.29, 1.82) is 0 Å². The highest BCUT2D eigenvalue weighted by Crippen LogP contribution is 2.27. The topological polar surface area (TPSA) is 164 Å². The normalized spacial score (nSPS) is 18.4. The molecule has 0 aliphatic carbocycles. The minimum absolute atomic E-state index is 0.0163. The standard InChI is InChI=1S/C19H26N4O11S/c1-19(2,3)33-17(25)23-13-10-30-9-8-21(13)16(24)14-15(31-11-32-18(26)29-4)12(6-7-22(14)23)20-34-35(5,27)28/h6-7,13H,8-11H2,1-5H3/b20-12+. The third-order valence-electron chi connectivity index (χ3n) is 4.53. The van der Waals surface area contributed by atoms with Crippen LogP contribution in [0.2, 0.25) is 0 Å². The van der Waals surface area contributed by atoms with Crippen LogP contribution in [0.5, 0.6) is 5.75 Å². The van der Waals surface area contributed by atoms with Crippen molar-refractivity contribution in [2.75, 3.05) is 44.9 Å². The van der Waals surface area contributed by atoms with Crippen LogP contribution < -0.4 is 15.1 Å². The minimum Gasteiger partial charge on any atom is -0.452 e. The van der Waals surface area contributed by atoms with Gasteiger partial charge in [0, 0.05) is 12.7 Å². The van der Waals surface area contributed by atoms with E-state index in [1.54, 1.807) is 20.8 Å². The first-order valence-corrected chi connectivity index (χ1v) is 12.1. The molecule has 194 valence electrons. The number of nitrogens with zero attached hydrogens (tertiary/aromatic N) is 4. The number of ether oxygens (including phenoxy) is 5. The van der Waals surface area contributed by atoms with Crippen molar-refractivity contribution in [3.8, 4) is 5.75 Å². The van der Waals surface area contributed by atoms with Gasteiger partial charge in [0.1, 0.15) is 5.60 Å². The number of morpholine rings is 1. The van der Waals surface area contributed by atoms with Gasteiger partial charge >= 0.3 is 22.4 Å². The molecule has 0 spiro atoms. The molecule has 2 amide bonds. The summed E-state index contributed by atoms with van der Waals surface area (Å²) in [4.78, 5) is 39.4. The summed E-state index contributed by atoms with van der Waals surface area (Å²) in [6.45, 7) is 4.70. The van der Waals surface area contributed by atoms with Crippen molar-refractivity contribution in [2.45, 2.75) is 32.5 Å². The zero-order chi connectivity index (χ0) is 26.0. The number of amides is 2. The molecule has 2 aliphatic heterocycles. The predicted molar refractivity (Wildman–Crippen MR) is 115 cm³/mol. The van der Waals surface area contributed by atoms with Crippen molar-refractivity contribution in [3.05, 3.63) is 23.3 Å². The summed E-state index contributed by atoms with van der Waals surface area (Å²) in [5.41, 5.74) is -1.08. The van der Waals surface area contributed by atoms with E-state index in [1.165, 1.54) is 21.8 Å². The molecule has 0 saturated carbocycles. The second kappa shape index (κ2) is 9.99. The Bertz CT molecular complexity index is 1170. The van der Waals surface area contributed by atoms with Crippen LogP contribution in [0.1, 0.15) is 31.3 Å². The maximum absolute atomic E-state index is 13.5. The molecule has 3 heterocycles. The van der Waals surface area contributed by atoms with Crippen LogP contribution in [0, 0.1) is 0 Å². The number of carbonyl (C=O) groups excluding carboxylic acids is 3. The predicted octanol–water partition coefficient (Wildman–Crippen LogP) is 0.0845. The van der Waals surface area contributed by atoms with Gasteiger partial charge in [0.05, 0.1) is 26.6 Å². The Kier molecular flexibility index (Phi) is 7.44. The van der Waals surface area contributed by atoms with E-state index in [-0.39, 0.29) is 36.6 Å². The van der Waals surface area contributed by atoms with Crippen LogP contribution >= 0.6 is 0 Å². The lowest BCUT2D eigenvalue weighted by Gasteiger charge is -2.46. The molecular weight excluding hydrogens is 492 g/mol. The largest absolute Gasteiger partial charge is 0.510 e. The lowest BCUT2D eigenvalue weighted by atomic mass is 10.2. The Morgan fingerprint density at radius 3 is 2.63 bits per heavy atom. The zero-order valence-electron chi connectivity index (χ0n) is 19.7. The van der Waals surface area contributed by atoms with Crippen LogP contribution in [0.3, 0.4) is 0 Å². The van der Waals surface area contributed by atoms with E-state index in [0.717, 1.165) is 18.4 Å². The van der Waals surface area contributed by atoms with E-state index >= 15 is 0 Å². The number of hydrogen-bond acceptors (Lipinski definition) is 12. The van der Waals surface area contributed by atoms with Gasteiger partial charge in [-0.1, -0.05) is 5.16 Å². The molecule has 1 unspecified atom stereocenters. The molecule has 1 aromatic rings. The van der Waals surface area contributed by atoms with Crippen LogP contribution in [0.15, 0.2) is 17.4 Å². The summed E-state index contributed by atoms with van der Waals surface area (Å²) in [5, 5.41) is 4.48. The van der Waals surface area contributed by atoms with Gasteiger partial charge in [0.25, 0.3) is 5.91 Å². The van der Waals surface area contributed by atoms with Crippen LogP contribution in [0.25, 0.3) is 0 Å². The fourth-order valence-electron chi connectivity index (χ4n) is 3.24. The number of pyridine rings is 1. The molecule has 2 aliphatic rings. The molecular formula is C19H26N4O11S. The molecule has 1 fully saturated rings. The average Bonchev–Trinajstić information content (AvgIpc) is 2.76. The van der Waals surface area contributed by atoms with Crippen molar-refractivity contribution >= 4 is 28.3 Å². The molecule has 1 saturated heterocycles. The zero-order valence-corrected chi connectivity index (χ0v) is 20.6. The number of hydrogen-bond donors (Lipinski definition) is 0. The van der Waals surface area contributed by atoms with Crippen molar-refractivity contribution in [3.63, 3.8) is 0 Å². The van der Waals surface area contributed by atoms with Crippen molar-refractivity contribution < 1.29 is 50.8 Å². The van der Waals surface area contributed by atoms with E-state index < -0.39 is 46.8 Å². The van der Waals surface area contributed by atoms with Gasteiger partial charge < -0.3 is 28.6 Å². The molecule has 0 N–H and O–H groups in total. The average molecular weight is 519 g/mol. The van der Waals surface area contributed by atoms with Gasteiger partial charge in [-0.25, -0.2) is 14.3 Å². The third kappa shape index (κ3) is 6.13. The summed E-state index contributed by atoms with van der Waals surface area (Å²) < 4.78 is 54.2. The Balaban J connectivity index is 2.17. The first kappa shape index (κ1) is 26.1. The van der Waals surface area contributed by atoms with Gasteiger partial charge in [-0.2, -0.15) is 13.4 Å². The molecule has 0 bridgehead atoms. The lowest BCUT2D eigenvalue weighted by Crippen LogP contribution is -2.67. The van der Waals surface area contributed by atoms with Crippen molar-refractivity contribution in [2.24, 2.45) is 5.16 Å². The summed E-state index contributed by atoms with van der Waals surface area (Å²) in [7, 11) is -2.92. The number of carbonyl (C=O) groups is 3. The van der Waals surface area contributed by atoms with E-state index in [2.05, 4.69) is 14.2 Å². The van der Waals surface area contributed by atoms with Crippen LogP contribution in [-0.4, -0.2) is 87.8 Å². The SMILES string of the molecule is COC(=O)OCOc1c2n(cc/c1=N\OS(C)(=O)=O)N(C(=O)OC(C)(C)C)C1COCCN1C2=O. The van der Waals surface area contributed by atoms with E-state index in [4.69, 9.17) is 18.9 Å². The molecule has 1 atom stereocenters. The highest BCUT2D eigenvalue weighted by atomic mass is 32.2. The third-order valence-corrected chi connectivity index (χ3v) is 4.88. The molecule has 35 heavy (non-hydrogen) atoms. The van der Waals surface area contributed by atoms with Gasteiger partial charge in [-0.05, 0) is 26.8 Å². The summed E-state index contributed by atoms with van der Waals surface area (Å²) >= 11 is 0. The highest BCUT2D eigenvalue weighted by Gasteiger charge is 2.45. The van der Waals surface area contributed by atoms with Crippen LogP contribution in [-0.2, 0) is 33.3 Å². The van der Waals surface area contributed by atoms with E-state index in [9.17, 15) is 22.8 Å². The fraction of sp³-hybridized carbons (Fsp3) is 0.579. The smallest absolute Gasteiger partial charge is 0.452 e. The lowest BCUT2D eigenvalue weighted by molar-refractivity contribution is -0.0232. The van der Waals surface area contributed by atoms with Crippen LogP contribution in [0.4, 0.5) is 9.59 Å². The molecule has 0 radical (unpaired) electrons. The molecule has 0 aromatic carbocycles. The first-order chi connectivity index (χ1) is 16.3. The molecule has 16 heteroatoms. The number of fused-ring (bicyclic) bond motifs is 2. The Labute approximate surface area is 200 Å². The van der Waals surface area contributed by atoms with Gasteiger partial charge in [0.15, 0.2) is 23.0 Å². The molecule has 15 nitrogen and oxygen atoms in total. The second-order valence-electron chi connectivity index (χ2n) is 8.33. The van der Waals surface area contributed by atoms with Gasteiger partial charge in [-0.3, -0.25) is 9.08 Å². The van der Waals surface area contributed by atoms with Gasteiger partial charge in [-0.15, -0.1) is 0 Å². The summed E-state index contributed by atoms with van der Waals surface area (Å²) in [6, 6.07) is 1.24. The van der Waals surface area contributed by atoms with E-state index in [1.807, 2.05) is 0 Å². The maximum atomic E-state index is 13.5. The second-order valence-corrected chi connectivity index (χ2v) is 9.89. The Hall–Kier alpha value is -3.53. The minimum atomic E-state index is -4.01. The molecule has 3 rings (SSSR count). The first-order valence-electron chi connectivity index (χ1n) is 10.3. The van der Waals surface area contributed by atoms with Gasteiger partial charge in [0.2, 0.25) is 6.79 Å². The Morgan fingerprint density at radius 2 is 2.00 bits per heavy atom. The summed E-state index contributed by atoms with van der Waals surface area (Å²) in [5.74, 6) is -0.897. The monoisotopic (exact) mass is 518 g/mol. The highest BCUT2D eigenvalue weighted by molar-refractivity contribution is 7.85. The number of methoxy groups -OCH3 is 1. The number of rotatable bonds is 5. The summed E-state index contributed by atoms with van der Waals surface area (Å²) in [6.07, 6.45) is -0.619. The fourth-order valence-corrected chi connectivity index (χ4v) is 3.45. The number of aromatic nitrogens is 1. The quantitative estimate of drug-likeness (QED) is 0.294. The molecule has 1 aromatic heterocycles. The Morgan fingerprint density at radius 1 is 1.29 bits per heavy atom. The van der Waals surface area contributed by atoms with Crippen molar-refractivity contribution in [1.82, 2.24) is 9.58 Å². The van der Waals surface area contributed by atoms with E-state index in [0.29, 0.717) is 0 Å².